The molecule has 1 N–H and O–H groups in total. The van der Waals surface area contributed by atoms with Gasteiger partial charge in [-0.25, -0.2) is 0 Å². The molecule has 7 heteroatoms. The molecule has 0 saturated carbocycles. The Morgan fingerprint density at radius 1 is 1.13 bits per heavy atom. The van der Waals surface area contributed by atoms with Gasteiger partial charge in [0.2, 0.25) is 17.6 Å². The van der Waals surface area contributed by atoms with Gasteiger partial charge in [0.05, 0.1) is 11.1 Å². The highest BCUT2D eigenvalue weighted by atomic mass is 16.5. The van der Waals surface area contributed by atoms with Gasteiger partial charge in [-0.15, -0.1) is 0 Å². The molecular weight excluding hydrogens is 380 g/mol. The standard InChI is InChI=1S/C23H22N4O3/c1-3-27(17-10-5-4-6-11-17)20(28)13-12-19-24-22(26-30-19)18-14-16-9-7-8-15(2)21(16)25-23(18)29/h4-11,14H,3,12-13H2,1-2H3,(H,25,29). The quantitative estimate of drug-likeness (QED) is 0.528. The summed E-state index contributed by atoms with van der Waals surface area (Å²) < 4.78 is 5.29. The molecule has 4 rings (SSSR count). The Hall–Kier alpha value is -3.74. The van der Waals surface area contributed by atoms with Crippen LogP contribution in [0.2, 0.25) is 0 Å². The molecule has 0 bridgehead atoms. The molecule has 0 spiro atoms. The minimum Gasteiger partial charge on any atom is -0.339 e. The van der Waals surface area contributed by atoms with Gasteiger partial charge in [-0.2, -0.15) is 4.98 Å². The molecule has 0 atom stereocenters. The summed E-state index contributed by atoms with van der Waals surface area (Å²) in [6, 6.07) is 17.1. The van der Waals surface area contributed by atoms with Crippen molar-refractivity contribution in [2.45, 2.75) is 26.7 Å². The van der Waals surface area contributed by atoms with Gasteiger partial charge in [-0.1, -0.05) is 41.6 Å². The van der Waals surface area contributed by atoms with E-state index in [2.05, 4.69) is 15.1 Å². The van der Waals surface area contributed by atoms with E-state index in [1.54, 1.807) is 11.0 Å². The molecule has 30 heavy (non-hydrogen) atoms. The molecule has 2 aromatic carbocycles. The van der Waals surface area contributed by atoms with E-state index in [1.807, 2.05) is 62.4 Å². The Morgan fingerprint density at radius 3 is 2.70 bits per heavy atom. The van der Waals surface area contributed by atoms with E-state index in [1.165, 1.54) is 0 Å². The molecule has 2 aromatic heterocycles. The number of nitrogens with zero attached hydrogens (tertiary/aromatic N) is 3. The zero-order valence-corrected chi connectivity index (χ0v) is 16.9. The minimum atomic E-state index is -0.276. The van der Waals surface area contributed by atoms with Crippen LogP contribution in [0.3, 0.4) is 0 Å². The maximum atomic E-state index is 12.6. The van der Waals surface area contributed by atoms with Crippen molar-refractivity contribution in [2.24, 2.45) is 0 Å². The van der Waals surface area contributed by atoms with Gasteiger partial charge in [0, 0.05) is 25.1 Å². The topological polar surface area (TPSA) is 92.1 Å². The van der Waals surface area contributed by atoms with Crippen LogP contribution in [0.5, 0.6) is 0 Å². The summed E-state index contributed by atoms with van der Waals surface area (Å²) in [5, 5.41) is 4.84. The highest BCUT2D eigenvalue weighted by Gasteiger charge is 2.17. The van der Waals surface area contributed by atoms with Gasteiger partial charge >= 0.3 is 0 Å². The SMILES string of the molecule is CCN(C(=O)CCc1nc(-c2cc3cccc(C)c3[nH]c2=O)no1)c1ccccc1. The van der Waals surface area contributed by atoms with E-state index in [-0.39, 0.29) is 23.7 Å². The lowest BCUT2D eigenvalue weighted by Gasteiger charge is -2.20. The number of aryl methyl sites for hydroxylation is 2. The second-order valence-electron chi connectivity index (χ2n) is 7.04. The molecule has 0 aliphatic rings. The van der Waals surface area contributed by atoms with Gasteiger partial charge < -0.3 is 14.4 Å². The predicted octanol–water partition coefficient (Wildman–Crippen LogP) is 3.87. The molecule has 1 amide bonds. The summed E-state index contributed by atoms with van der Waals surface area (Å²) in [5.41, 5.74) is 2.70. The number of anilines is 1. The van der Waals surface area contributed by atoms with Crippen molar-refractivity contribution in [3.8, 4) is 11.4 Å². The van der Waals surface area contributed by atoms with Crippen LogP contribution in [0.25, 0.3) is 22.3 Å². The molecule has 0 aliphatic carbocycles. The van der Waals surface area contributed by atoms with Crippen molar-refractivity contribution in [3.63, 3.8) is 0 Å². The van der Waals surface area contributed by atoms with Gasteiger partial charge in [0.15, 0.2) is 0 Å². The van der Waals surface area contributed by atoms with Crippen LogP contribution < -0.4 is 10.5 Å². The van der Waals surface area contributed by atoms with Crippen molar-refractivity contribution in [1.82, 2.24) is 15.1 Å². The number of hydrogen-bond donors (Lipinski definition) is 1. The normalized spacial score (nSPS) is 11.0. The van der Waals surface area contributed by atoms with E-state index in [9.17, 15) is 9.59 Å². The fourth-order valence-electron chi connectivity index (χ4n) is 3.47. The van der Waals surface area contributed by atoms with Crippen LogP contribution in [0.15, 0.2) is 63.9 Å². The highest BCUT2D eigenvalue weighted by Crippen LogP contribution is 2.20. The van der Waals surface area contributed by atoms with E-state index in [0.29, 0.717) is 24.4 Å². The molecule has 0 unspecified atom stereocenters. The number of H-pyrrole nitrogens is 1. The summed E-state index contributed by atoms with van der Waals surface area (Å²) in [5.74, 6) is 0.520. The number of amides is 1. The fourth-order valence-corrected chi connectivity index (χ4v) is 3.47. The smallest absolute Gasteiger partial charge is 0.259 e. The summed E-state index contributed by atoms with van der Waals surface area (Å²) in [4.78, 5) is 34.1. The van der Waals surface area contributed by atoms with Crippen molar-refractivity contribution < 1.29 is 9.32 Å². The first kappa shape index (κ1) is 19.6. The first-order valence-corrected chi connectivity index (χ1v) is 9.88. The number of carbonyl (C=O) groups is 1. The number of pyridine rings is 1. The number of nitrogens with one attached hydrogen (secondary N) is 1. The Bertz CT molecular complexity index is 1240. The van der Waals surface area contributed by atoms with Gasteiger partial charge in [0.25, 0.3) is 5.56 Å². The van der Waals surface area contributed by atoms with E-state index >= 15 is 0 Å². The van der Waals surface area contributed by atoms with E-state index in [4.69, 9.17) is 4.52 Å². The maximum absolute atomic E-state index is 12.6. The second kappa shape index (κ2) is 8.32. The van der Waals surface area contributed by atoms with Crippen LogP contribution in [-0.2, 0) is 11.2 Å². The third-order valence-corrected chi connectivity index (χ3v) is 5.03. The number of aromatic amines is 1. The zero-order chi connectivity index (χ0) is 21.1. The molecule has 2 heterocycles. The van der Waals surface area contributed by atoms with Crippen LogP contribution >= 0.6 is 0 Å². The number of carbonyl (C=O) groups excluding carboxylic acids is 1. The number of aromatic nitrogens is 3. The van der Waals surface area contributed by atoms with Crippen LogP contribution in [0, 0.1) is 6.92 Å². The number of rotatable bonds is 6. The molecule has 0 radical (unpaired) electrons. The number of fused-ring (bicyclic) bond motifs is 1. The summed E-state index contributed by atoms with van der Waals surface area (Å²) in [6.07, 6.45) is 0.539. The monoisotopic (exact) mass is 402 g/mol. The molecular formula is C23H22N4O3. The van der Waals surface area contributed by atoms with E-state index in [0.717, 1.165) is 22.2 Å². The average molecular weight is 402 g/mol. The lowest BCUT2D eigenvalue weighted by molar-refractivity contribution is -0.118. The molecule has 0 fully saturated rings. The maximum Gasteiger partial charge on any atom is 0.259 e. The molecule has 0 saturated heterocycles. The summed E-state index contributed by atoms with van der Waals surface area (Å²) >= 11 is 0. The number of para-hydroxylation sites is 2. The number of benzene rings is 2. The lowest BCUT2D eigenvalue weighted by atomic mass is 10.1. The van der Waals surface area contributed by atoms with Crippen molar-refractivity contribution >= 4 is 22.5 Å². The van der Waals surface area contributed by atoms with Gasteiger partial charge in [-0.3, -0.25) is 9.59 Å². The number of hydrogen-bond acceptors (Lipinski definition) is 5. The van der Waals surface area contributed by atoms with E-state index < -0.39 is 0 Å². The largest absolute Gasteiger partial charge is 0.339 e. The zero-order valence-electron chi connectivity index (χ0n) is 16.9. The van der Waals surface area contributed by atoms with Gasteiger partial charge in [0.1, 0.15) is 0 Å². The predicted molar refractivity (Wildman–Crippen MR) is 115 cm³/mol. The minimum absolute atomic E-state index is 0.0255. The third-order valence-electron chi connectivity index (χ3n) is 5.03. The molecule has 152 valence electrons. The van der Waals surface area contributed by atoms with Crippen molar-refractivity contribution in [1.29, 1.82) is 0 Å². The third kappa shape index (κ3) is 3.87. The van der Waals surface area contributed by atoms with Crippen LogP contribution in [-0.4, -0.2) is 27.6 Å². The highest BCUT2D eigenvalue weighted by molar-refractivity contribution is 5.93. The summed E-state index contributed by atoms with van der Waals surface area (Å²) in [7, 11) is 0. The molecule has 7 nitrogen and oxygen atoms in total. The van der Waals surface area contributed by atoms with Crippen molar-refractivity contribution in [3.05, 3.63) is 76.4 Å². The first-order chi connectivity index (χ1) is 14.6. The fraction of sp³-hybridized carbons (Fsp3) is 0.217. The Kier molecular flexibility index (Phi) is 5.43. The average Bonchev–Trinajstić information content (AvgIpc) is 3.23. The molecule has 4 aromatic rings. The first-order valence-electron chi connectivity index (χ1n) is 9.88. The lowest BCUT2D eigenvalue weighted by Crippen LogP contribution is -2.30. The van der Waals surface area contributed by atoms with Crippen molar-refractivity contribution in [2.75, 3.05) is 11.4 Å². The summed E-state index contributed by atoms with van der Waals surface area (Å²) in [6.45, 7) is 4.45. The van der Waals surface area contributed by atoms with Gasteiger partial charge in [-0.05, 0) is 43.0 Å². The molecule has 0 aliphatic heterocycles. The van der Waals surface area contributed by atoms with Crippen LogP contribution in [0.4, 0.5) is 5.69 Å². The Labute approximate surface area is 173 Å². The second-order valence-corrected chi connectivity index (χ2v) is 7.04. The van der Waals surface area contributed by atoms with Crippen LogP contribution in [0.1, 0.15) is 24.8 Å². The Morgan fingerprint density at radius 2 is 1.93 bits per heavy atom. The Balaban J connectivity index is 1.51.